The minimum absolute atomic E-state index is 0.362. The Kier molecular flexibility index (Phi) is 4.45. The summed E-state index contributed by atoms with van der Waals surface area (Å²) < 4.78 is 14.9. The summed E-state index contributed by atoms with van der Waals surface area (Å²) in [6, 6.07) is 0. The Hall–Kier alpha value is -2.23. The van der Waals surface area contributed by atoms with Crippen molar-refractivity contribution in [2.75, 3.05) is 0 Å². The maximum Gasteiger partial charge on any atom is 0.163 e. The van der Waals surface area contributed by atoms with Crippen molar-refractivity contribution >= 4 is 11.2 Å². The van der Waals surface area contributed by atoms with E-state index < -0.39 is 0 Å². The van der Waals surface area contributed by atoms with Crippen LogP contribution in [-0.2, 0) is 0 Å². The monoisotopic (exact) mass is 271 g/mol. The van der Waals surface area contributed by atoms with Crippen LogP contribution in [0.15, 0.2) is 43.3 Å². The Bertz CT molecular complexity index is 680. The van der Waals surface area contributed by atoms with E-state index in [2.05, 4.69) is 29.7 Å². The number of fused-ring (bicyclic) bond motifs is 1. The number of aromatic nitrogens is 3. The van der Waals surface area contributed by atoms with Crippen LogP contribution in [0.25, 0.3) is 11.2 Å². The molecule has 0 aromatic carbocycles. The van der Waals surface area contributed by atoms with Gasteiger partial charge in [-0.25, -0.2) is 13.9 Å². The van der Waals surface area contributed by atoms with Crippen molar-refractivity contribution in [1.29, 1.82) is 0 Å². The van der Waals surface area contributed by atoms with Gasteiger partial charge in [-0.05, 0) is 18.9 Å². The smallest absolute Gasteiger partial charge is 0.163 e. The van der Waals surface area contributed by atoms with Crippen molar-refractivity contribution in [3.63, 3.8) is 0 Å². The number of nitrogens with zero attached hydrogens (tertiary/aromatic N) is 3. The molecule has 4 heteroatoms. The van der Waals surface area contributed by atoms with Crippen LogP contribution in [0.1, 0.15) is 31.0 Å². The number of allylic oxidation sites excluding steroid dienone is 5. The molecule has 3 nitrogen and oxygen atoms in total. The highest BCUT2D eigenvalue weighted by Crippen LogP contribution is 2.21. The average molecular weight is 271 g/mol. The summed E-state index contributed by atoms with van der Waals surface area (Å²) in [5.41, 5.74) is 2.78. The lowest BCUT2D eigenvalue weighted by Gasteiger charge is -2.01. The zero-order chi connectivity index (χ0) is 14.5. The number of hydrogen-bond donors (Lipinski definition) is 0. The van der Waals surface area contributed by atoms with Gasteiger partial charge in [-0.15, -0.1) is 0 Å². The molecule has 0 saturated carbocycles. The molecule has 0 saturated heterocycles. The Morgan fingerprint density at radius 2 is 2.30 bits per heavy atom. The first kappa shape index (κ1) is 14.2. The van der Waals surface area contributed by atoms with Gasteiger partial charge in [0, 0.05) is 5.56 Å². The molecule has 2 aromatic heterocycles. The van der Waals surface area contributed by atoms with E-state index in [4.69, 9.17) is 0 Å². The fourth-order valence-corrected chi connectivity index (χ4v) is 1.88. The van der Waals surface area contributed by atoms with Crippen molar-refractivity contribution in [1.82, 2.24) is 14.6 Å². The molecule has 0 N–H and O–H groups in total. The van der Waals surface area contributed by atoms with Gasteiger partial charge < -0.3 is 0 Å². The third-order valence-corrected chi connectivity index (χ3v) is 3.02. The van der Waals surface area contributed by atoms with Crippen LogP contribution in [0.4, 0.5) is 4.39 Å². The third-order valence-electron chi connectivity index (χ3n) is 3.02. The van der Waals surface area contributed by atoms with Crippen molar-refractivity contribution < 1.29 is 4.39 Å². The normalized spacial score (nSPS) is 12.4. The largest absolute Gasteiger partial charge is 0.230 e. The van der Waals surface area contributed by atoms with Gasteiger partial charge in [0.15, 0.2) is 11.5 Å². The lowest BCUT2D eigenvalue weighted by atomic mass is 10.1. The van der Waals surface area contributed by atoms with E-state index in [1.54, 1.807) is 19.2 Å². The van der Waals surface area contributed by atoms with E-state index >= 15 is 0 Å². The minimum Gasteiger partial charge on any atom is -0.230 e. The van der Waals surface area contributed by atoms with Crippen LogP contribution in [0.5, 0.6) is 0 Å². The van der Waals surface area contributed by atoms with Gasteiger partial charge >= 0.3 is 0 Å². The van der Waals surface area contributed by atoms with E-state index in [0.29, 0.717) is 11.3 Å². The summed E-state index contributed by atoms with van der Waals surface area (Å²) in [5, 5.41) is 4.14. The van der Waals surface area contributed by atoms with Crippen molar-refractivity contribution in [3.05, 3.63) is 60.4 Å². The standard InChI is InChI=1S/C16H18FN3/c1-4-6-7-8-9-13(5-2)14-10-18-20-11-15(17)12(3)19-16(14)20/h5,7-11H,2,4,6H2,1,3H3/b8-7-,13-9+. The van der Waals surface area contributed by atoms with Crippen LogP contribution >= 0.6 is 0 Å². The van der Waals surface area contributed by atoms with Crippen molar-refractivity contribution in [2.24, 2.45) is 0 Å². The third kappa shape index (κ3) is 2.85. The van der Waals surface area contributed by atoms with Crippen LogP contribution < -0.4 is 0 Å². The molecule has 2 aromatic rings. The van der Waals surface area contributed by atoms with Crippen molar-refractivity contribution in [3.8, 4) is 0 Å². The molecule has 0 aliphatic rings. The maximum absolute atomic E-state index is 13.5. The van der Waals surface area contributed by atoms with Crippen LogP contribution in [0.3, 0.4) is 0 Å². The summed E-state index contributed by atoms with van der Waals surface area (Å²) in [5.74, 6) is -0.362. The predicted octanol–water partition coefficient (Wildman–Crippen LogP) is 4.10. The molecule has 0 amide bonds. The molecule has 0 aliphatic carbocycles. The number of rotatable bonds is 5. The van der Waals surface area contributed by atoms with Crippen LogP contribution in [0.2, 0.25) is 0 Å². The second-order valence-corrected chi connectivity index (χ2v) is 4.54. The molecule has 0 aliphatic heterocycles. The second kappa shape index (κ2) is 6.28. The second-order valence-electron chi connectivity index (χ2n) is 4.54. The lowest BCUT2D eigenvalue weighted by molar-refractivity contribution is 0.595. The predicted molar refractivity (Wildman–Crippen MR) is 79.9 cm³/mol. The summed E-state index contributed by atoms with van der Waals surface area (Å²) >= 11 is 0. The molecule has 0 fully saturated rings. The van der Waals surface area contributed by atoms with Gasteiger partial charge in [-0.2, -0.15) is 5.10 Å². The van der Waals surface area contributed by atoms with E-state index in [1.807, 2.05) is 12.2 Å². The van der Waals surface area contributed by atoms with Gasteiger partial charge in [-0.3, -0.25) is 0 Å². The lowest BCUT2D eigenvalue weighted by Crippen LogP contribution is -1.97. The quantitative estimate of drug-likeness (QED) is 0.766. The van der Waals surface area contributed by atoms with E-state index in [0.717, 1.165) is 24.0 Å². The zero-order valence-corrected chi connectivity index (χ0v) is 11.8. The highest BCUT2D eigenvalue weighted by molar-refractivity contribution is 5.82. The molecule has 2 heterocycles. The van der Waals surface area contributed by atoms with E-state index in [1.165, 1.54) is 10.7 Å². The first-order valence-electron chi connectivity index (χ1n) is 6.67. The summed E-state index contributed by atoms with van der Waals surface area (Å²) in [7, 11) is 0. The fraction of sp³-hybridized carbons (Fsp3) is 0.250. The first-order valence-corrected chi connectivity index (χ1v) is 6.67. The minimum atomic E-state index is -0.362. The molecule has 0 unspecified atom stereocenters. The topological polar surface area (TPSA) is 30.2 Å². The number of aryl methyl sites for hydroxylation is 1. The Balaban J connectivity index is 2.45. The number of halogens is 1. The van der Waals surface area contributed by atoms with E-state index in [9.17, 15) is 4.39 Å². The van der Waals surface area contributed by atoms with Gasteiger partial charge in [0.25, 0.3) is 0 Å². The summed E-state index contributed by atoms with van der Waals surface area (Å²) in [6.45, 7) is 7.60. The van der Waals surface area contributed by atoms with E-state index in [-0.39, 0.29) is 5.82 Å². The first-order chi connectivity index (χ1) is 9.67. The van der Waals surface area contributed by atoms with Crippen LogP contribution in [0, 0.1) is 12.7 Å². The highest BCUT2D eigenvalue weighted by Gasteiger charge is 2.10. The average Bonchev–Trinajstić information content (AvgIpc) is 2.82. The van der Waals surface area contributed by atoms with Crippen molar-refractivity contribution in [2.45, 2.75) is 26.7 Å². The SMILES string of the molecule is C=C/C(=C\C=C/CCC)c1cnn2cc(F)c(C)nc12. The molecule has 2 rings (SSSR count). The molecular weight excluding hydrogens is 253 g/mol. The van der Waals surface area contributed by atoms with Gasteiger partial charge in [0.1, 0.15) is 0 Å². The summed E-state index contributed by atoms with van der Waals surface area (Å²) in [6.07, 6.45) is 13.0. The number of hydrogen-bond acceptors (Lipinski definition) is 2. The molecular formula is C16H18FN3. The Labute approximate surface area is 118 Å². The highest BCUT2D eigenvalue weighted by atomic mass is 19.1. The van der Waals surface area contributed by atoms with Gasteiger partial charge in [0.2, 0.25) is 0 Å². The maximum atomic E-state index is 13.5. The number of unbranched alkanes of at least 4 members (excludes halogenated alkanes) is 1. The molecule has 20 heavy (non-hydrogen) atoms. The fourth-order valence-electron chi connectivity index (χ4n) is 1.88. The summed E-state index contributed by atoms with van der Waals surface area (Å²) in [4.78, 5) is 4.26. The molecule has 104 valence electrons. The molecule has 0 spiro atoms. The zero-order valence-electron chi connectivity index (χ0n) is 11.8. The molecule has 0 radical (unpaired) electrons. The Morgan fingerprint density at radius 3 is 3.00 bits per heavy atom. The molecule has 0 atom stereocenters. The molecule has 0 bridgehead atoms. The van der Waals surface area contributed by atoms with Gasteiger partial charge in [0.05, 0.1) is 18.1 Å². The Morgan fingerprint density at radius 1 is 1.50 bits per heavy atom. The van der Waals surface area contributed by atoms with Gasteiger partial charge in [-0.1, -0.05) is 44.2 Å². The van der Waals surface area contributed by atoms with Crippen LogP contribution in [-0.4, -0.2) is 14.6 Å².